The Morgan fingerprint density at radius 2 is 1.70 bits per heavy atom. The second kappa shape index (κ2) is 10.5. The highest BCUT2D eigenvalue weighted by atomic mass is 19.1. The third-order valence-electron chi connectivity index (χ3n) is 7.45. The first-order valence-corrected chi connectivity index (χ1v) is 12.7. The molecular weight excluding hydrogens is 471 g/mol. The lowest BCUT2D eigenvalue weighted by Crippen LogP contribution is -2.57. The maximum absolute atomic E-state index is 13.8. The van der Waals surface area contributed by atoms with Gasteiger partial charge in [-0.25, -0.2) is 4.39 Å². The number of hydrogen-bond acceptors (Lipinski definition) is 4. The van der Waals surface area contributed by atoms with Crippen LogP contribution in [0.25, 0.3) is 10.9 Å². The molecule has 4 rings (SSSR count). The predicted octanol–water partition coefficient (Wildman–Crippen LogP) is 4.10. The van der Waals surface area contributed by atoms with Crippen LogP contribution in [0.1, 0.15) is 54.0 Å². The first kappa shape index (κ1) is 26.5. The van der Waals surface area contributed by atoms with E-state index in [0.29, 0.717) is 30.6 Å². The second-order valence-corrected chi connectivity index (χ2v) is 10.4. The lowest BCUT2D eigenvalue weighted by Gasteiger charge is -2.44. The molecule has 2 aromatic carbocycles. The summed E-state index contributed by atoms with van der Waals surface area (Å²) < 4.78 is 15.2. The molecule has 1 aliphatic heterocycles. The minimum Gasteiger partial charge on any atom is -0.350 e. The van der Waals surface area contributed by atoms with Gasteiger partial charge in [-0.3, -0.25) is 19.3 Å². The van der Waals surface area contributed by atoms with Crippen molar-refractivity contribution >= 4 is 28.5 Å². The Bertz CT molecular complexity index is 1330. The lowest BCUT2D eigenvalue weighted by molar-refractivity contribution is -0.126. The fraction of sp³-hybridized carbons (Fsp3) is 0.414. The molecule has 1 saturated heterocycles. The quantitative estimate of drug-likeness (QED) is 0.373. The van der Waals surface area contributed by atoms with Gasteiger partial charge >= 0.3 is 0 Å². The van der Waals surface area contributed by atoms with Gasteiger partial charge in [-0.15, -0.1) is 0 Å². The van der Waals surface area contributed by atoms with E-state index in [1.165, 1.54) is 17.0 Å². The van der Waals surface area contributed by atoms with E-state index in [9.17, 15) is 18.8 Å². The molecule has 7 nitrogen and oxygen atoms in total. The molecular formula is C29H35FN4O3. The number of nitrogens with zero attached hydrogens (tertiary/aromatic N) is 4. The summed E-state index contributed by atoms with van der Waals surface area (Å²) in [5, 5.41) is 0.659. The minimum absolute atomic E-state index is 0.0366. The van der Waals surface area contributed by atoms with E-state index in [1.54, 1.807) is 43.6 Å². The van der Waals surface area contributed by atoms with E-state index < -0.39 is 11.7 Å². The fourth-order valence-electron chi connectivity index (χ4n) is 4.90. The van der Waals surface area contributed by atoms with E-state index in [-0.39, 0.29) is 35.4 Å². The van der Waals surface area contributed by atoms with Crippen LogP contribution in [0.4, 0.5) is 4.39 Å². The molecule has 2 heterocycles. The number of aromatic nitrogens is 1. The van der Waals surface area contributed by atoms with Gasteiger partial charge in [0.15, 0.2) is 0 Å². The van der Waals surface area contributed by atoms with Gasteiger partial charge in [0.25, 0.3) is 11.8 Å². The Kier molecular flexibility index (Phi) is 7.50. The number of piperazine rings is 1. The monoisotopic (exact) mass is 506 g/mol. The Morgan fingerprint density at radius 1 is 1.03 bits per heavy atom. The number of rotatable bonds is 6. The van der Waals surface area contributed by atoms with Crippen molar-refractivity contribution in [3.05, 3.63) is 71.2 Å². The highest BCUT2D eigenvalue weighted by Crippen LogP contribution is 2.27. The molecule has 0 N–H and O–H groups in total. The van der Waals surface area contributed by atoms with Gasteiger partial charge in [-0.1, -0.05) is 12.1 Å². The Hall–Kier alpha value is -3.52. The Labute approximate surface area is 217 Å². The number of benzene rings is 2. The maximum atomic E-state index is 13.8. The zero-order chi connectivity index (χ0) is 27.0. The third kappa shape index (κ3) is 5.30. The number of amides is 2. The van der Waals surface area contributed by atoms with Crippen molar-refractivity contribution in [2.45, 2.75) is 52.4 Å². The van der Waals surface area contributed by atoms with Crippen molar-refractivity contribution in [1.29, 1.82) is 0 Å². The summed E-state index contributed by atoms with van der Waals surface area (Å²) in [4.78, 5) is 44.9. The summed E-state index contributed by atoms with van der Waals surface area (Å²) in [6.45, 7) is 9.75. The van der Waals surface area contributed by atoms with Crippen LogP contribution in [0, 0.1) is 5.82 Å². The number of carbonyl (C=O) groups excluding carboxylic acids is 3. The zero-order valence-electron chi connectivity index (χ0n) is 22.4. The Morgan fingerprint density at radius 3 is 2.35 bits per heavy atom. The first-order valence-electron chi connectivity index (χ1n) is 12.7. The SMILES string of the molecule is CC(C)N(C)C(=O)C(=O)c1ccc2c(c1)c(C(=O)N1C[C@H](C)N(Cc3ccc(F)cc3)C[C@H]1C)cn2C. The van der Waals surface area contributed by atoms with E-state index >= 15 is 0 Å². The van der Waals surface area contributed by atoms with Crippen molar-refractivity contribution in [3.63, 3.8) is 0 Å². The number of fused-ring (bicyclic) bond motifs is 1. The van der Waals surface area contributed by atoms with E-state index in [4.69, 9.17) is 0 Å². The van der Waals surface area contributed by atoms with E-state index in [0.717, 1.165) is 11.1 Å². The summed E-state index contributed by atoms with van der Waals surface area (Å²) in [6, 6.07) is 11.6. The van der Waals surface area contributed by atoms with Crippen LogP contribution in [-0.2, 0) is 18.4 Å². The highest BCUT2D eigenvalue weighted by Gasteiger charge is 2.34. The molecule has 1 aliphatic rings. The van der Waals surface area contributed by atoms with Crippen LogP contribution in [0.3, 0.4) is 0 Å². The zero-order valence-corrected chi connectivity index (χ0v) is 22.4. The number of hydrogen-bond donors (Lipinski definition) is 0. The maximum Gasteiger partial charge on any atom is 0.294 e. The molecule has 1 aromatic heterocycles. The summed E-state index contributed by atoms with van der Waals surface area (Å²) in [7, 11) is 3.48. The van der Waals surface area contributed by atoms with Gasteiger partial charge in [0.2, 0.25) is 5.78 Å². The van der Waals surface area contributed by atoms with Crippen LogP contribution in [0.5, 0.6) is 0 Å². The standard InChI is InChI=1S/C29H35FN4O3/c1-18(2)32(6)29(37)27(35)22-9-12-26-24(13-22)25(17-31(26)5)28(36)34-15-19(3)33(14-20(34)4)16-21-7-10-23(30)11-8-21/h7-13,17-20H,14-16H2,1-6H3/t19-,20+/m0/s1. The van der Waals surface area contributed by atoms with Crippen molar-refractivity contribution in [1.82, 2.24) is 19.3 Å². The van der Waals surface area contributed by atoms with Crippen molar-refractivity contribution < 1.29 is 18.8 Å². The molecule has 0 saturated carbocycles. The third-order valence-corrected chi connectivity index (χ3v) is 7.45. The predicted molar refractivity (Wildman–Crippen MR) is 142 cm³/mol. The van der Waals surface area contributed by atoms with Crippen LogP contribution < -0.4 is 0 Å². The number of likely N-dealkylation sites (N-methyl/N-ethyl adjacent to an activating group) is 1. The normalized spacial score (nSPS) is 18.4. The van der Waals surface area contributed by atoms with E-state index in [2.05, 4.69) is 11.8 Å². The number of carbonyl (C=O) groups is 3. The highest BCUT2D eigenvalue weighted by molar-refractivity contribution is 6.43. The largest absolute Gasteiger partial charge is 0.350 e. The summed E-state index contributed by atoms with van der Waals surface area (Å²) >= 11 is 0. The van der Waals surface area contributed by atoms with Crippen molar-refractivity contribution in [2.75, 3.05) is 20.1 Å². The van der Waals surface area contributed by atoms with Crippen LogP contribution in [0.15, 0.2) is 48.7 Å². The Balaban J connectivity index is 1.57. The number of ketones is 1. The molecule has 2 amide bonds. The molecule has 196 valence electrons. The molecule has 0 unspecified atom stereocenters. The van der Waals surface area contributed by atoms with Gasteiger partial charge in [-0.2, -0.15) is 0 Å². The van der Waals surface area contributed by atoms with Crippen LogP contribution in [-0.4, -0.2) is 75.1 Å². The number of halogens is 1. The van der Waals surface area contributed by atoms with Gasteiger partial charge in [0.05, 0.1) is 5.56 Å². The van der Waals surface area contributed by atoms with Crippen LogP contribution in [0.2, 0.25) is 0 Å². The van der Waals surface area contributed by atoms with Gasteiger partial charge in [0.1, 0.15) is 5.82 Å². The molecule has 1 fully saturated rings. The minimum atomic E-state index is -0.586. The van der Waals surface area contributed by atoms with Crippen LogP contribution >= 0.6 is 0 Å². The van der Waals surface area contributed by atoms with Gasteiger partial charge < -0.3 is 14.4 Å². The lowest BCUT2D eigenvalue weighted by atomic mass is 10.0. The molecule has 37 heavy (non-hydrogen) atoms. The molecule has 0 bridgehead atoms. The first-order chi connectivity index (χ1) is 17.5. The molecule has 2 atom stereocenters. The summed E-state index contributed by atoms with van der Waals surface area (Å²) in [5.41, 5.74) is 2.64. The number of Topliss-reactive ketones (excluding diaryl/α,β-unsaturated/α-hetero) is 1. The van der Waals surface area contributed by atoms with Gasteiger partial charge in [-0.05, 0) is 63.6 Å². The topological polar surface area (TPSA) is 65.9 Å². The fourth-order valence-corrected chi connectivity index (χ4v) is 4.90. The van der Waals surface area contributed by atoms with E-state index in [1.807, 2.05) is 37.3 Å². The summed E-state index contributed by atoms with van der Waals surface area (Å²) in [6.07, 6.45) is 1.80. The second-order valence-electron chi connectivity index (χ2n) is 10.4. The smallest absolute Gasteiger partial charge is 0.294 e. The molecule has 8 heteroatoms. The molecule has 3 aromatic rings. The number of aryl methyl sites for hydroxylation is 1. The van der Waals surface area contributed by atoms with Gasteiger partial charge in [0, 0.05) is 74.5 Å². The average molecular weight is 507 g/mol. The van der Waals surface area contributed by atoms with Crippen molar-refractivity contribution in [2.24, 2.45) is 7.05 Å². The molecule has 0 spiro atoms. The van der Waals surface area contributed by atoms with Crippen molar-refractivity contribution in [3.8, 4) is 0 Å². The summed E-state index contributed by atoms with van der Waals surface area (Å²) in [5.74, 6) is -1.51. The molecule has 0 aliphatic carbocycles. The average Bonchev–Trinajstić information content (AvgIpc) is 3.21. The molecule has 0 radical (unpaired) electrons.